The van der Waals surface area contributed by atoms with E-state index in [1.54, 1.807) is 0 Å². The van der Waals surface area contributed by atoms with Crippen LogP contribution in [0.4, 0.5) is 0 Å². The first-order valence-electron chi connectivity index (χ1n) is 5.30. The summed E-state index contributed by atoms with van der Waals surface area (Å²) >= 11 is 0. The molecule has 0 aromatic rings. The van der Waals surface area contributed by atoms with Crippen LogP contribution in [0, 0.1) is 0 Å². The highest BCUT2D eigenvalue weighted by atomic mass is 17.3. The Hall–Kier alpha value is -0.240. The van der Waals surface area contributed by atoms with Crippen LogP contribution in [0.15, 0.2) is 0 Å². The van der Waals surface area contributed by atoms with Crippen molar-refractivity contribution in [1.82, 2.24) is 19.6 Å². The fourth-order valence-corrected chi connectivity index (χ4v) is 2.45. The number of likely N-dealkylation sites (N-methyl/N-ethyl adjacent to an activating group) is 4. The predicted molar refractivity (Wildman–Crippen MR) is 62.4 cm³/mol. The van der Waals surface area contributed by atoms with Gasteiger partial charge in [-0.2, -0.15) is 9.78 Å². The monoisotopic (exact) mass is 232 g/mol. The smallest absolute Gasteiger partial charge is 0.261 e. The van der Waals surface area contributed by atoms with Gasteiger partial charge < -0.3 is 0 Å². The third kappa shape index (κ3) is 1.42. The van der Waals surface area contributed by atoms with E-state index in [9.17, 15) is 0 Å². The highest BCUT2D eigenvalue weighted by Crippen LogP contribution is 2.46. The molecule has 0 saturated carbocycles. The van der Waals surface area contributed by atoms with Crippen molar-refractivity contribution >= 4 is 0 Å². The molecule has 0 aromatic carbocycles. The average molecular weight is 232 g/mol. The van der Waals surface area contributed by atoms with Crippen LogP contribution in [0.25, 0.3) is 0 Å². The van der Waals surface area contributed by atoms with Crippen molar-refractivity contribution in [2.45, 2.75) is 11.7 Å². The van der Waals surface area contributed by atoms with Crippen LogP contribution in [0.5, 0.6) is 0 Å². The van der Waals surface area contributed by atoms with Crippen LogP contribution in [0.2, 0.25) is 0 Å². The van der Waals surface area contributed by atoms with Gasteiger partial charge in [-0.3, -0.25) is 19.6 Å². The van der Waals surface area contributed by atoms with E-state index in [-0.39, 0.29) is 0 Å². The molecule has 0 amide bonds. The molecular weight excluding hydrogens is 208 g/mol. The Bertz CT molecular complexity index is 211. The molecule has 1 heterocycles. The fourth-order valence-electron chi connectivity index (χ4n) is 2.45. The Morgan fingerprint density at radius 3 is 0.750 bits per heavy atom. The van der Waals surface area contributed by atoms with Crippen molar-refractivity contribution in [1.29, 1.82) is 0 Å². The van der Waals surface area contributed by atoms with Crippen LogP contribution >= 0.6 is 0 Å². The van der Waals surface area contributed by atoms with Crippen molar-refractivity contribution < 1.29 is 9.78 Å². The number of hydrogen-bond donors (Lipinski definition) is 0. The molecule has 6 heteroatoms. The molecule has 6 nitrogen and oxygen atoms in total. The molecule has 0 N–H and O–H groups in total. The van der Waals surface area contributed by atoms with E-state index in [0.29, 0.717) is 0 Å². The second kappa shape index (κ2) is 4.21. The van der Waals surface area contributed by atoms with Gasteiger partial charge in [0.05, 0.1) is 0 Å². The first kappa shape index (κ1) is 13.8. The summed E-state index contributed by atoms with van der Waals surface area (Å²) in [6.07, 6.45) is 0. The van der Waals surface area contributed by atoms with E-state index in [1.807, 2.05) is 76.0 Å². The Morgan fingerprint density at radius 1 is 0.500 bits per heavy atom. The second-order valence-corrected chi connectivity index (χ2v) is 4.96. The summed E-state index contributed by atoms with van der Waals surface area (Å²) < 4.78 is 0. The Morgan fingerprint density at radius 2 is 0.688 bits per heavy atom. The lowest BCUT2D eigenvalue weighted by Crippen LogP contribution is -2.87. The molecule has 0 unspecified atom stereocenters. The fraction of sp³-hybridized carbons (Fsp3) is 1.00. The molecule has 0 atom stereocenters. The van der Waals surface area contributed by atoms with E-state index in [1.165, 1.54) is 0 Å². The van der Waals surface area contributed by atoms with Crippen molar-refractivity contribution in [2.24, 2.45) is 0 Å². The van der Waals surface area contributed by atoms with Crippen molar-refractivity contribution in [2.75, 3.05) is 56.4 Å². The maximum Gasteiger partial charge on any atom is 0.273 e. The van der Waals surface area contributed by atoms with Gasteiger partial charge in [-0.25, -0.2) is 0 Å². The molecule has 1 rings (SSSR count). The van der Waals surface area contributed by atoms with Gasteiger partial charge in [0.1, 0.15) is 0 Å². The molecular formula is C10H24N4O2. The Labute approximate surface area is 98.2 Å². The third-order valence-corrected chi connectivity index (χ3v) is 3.12. The minimum absolute atomic E-state index is 0.625. The number of hydrogen-bond acceptors (Lipinski definition) is 6. The van der Waals surface area contributed by atoms with Gasteiger partial charge in [0.15, 0.2) is 0 Å². The van der Waals surface area contributed by atoms with Gasteiger partial charge in [0.2, 0.25) is 0 Å². The van der Waals surface area contributed by atoms with E-state index >= 15 is 0 Å². The summed E-state index contributed by atoms with van der Waals surface area (Å²) in [7, 11) is 15.8. The molecule has 0 radical (unpaired) electrons. The highest BCUT2D eigenvalue weighted by Gasteiger charge is 2.71. The normalized spacial score (nSPS) is 23.2. The molecule has 0 aliphatic carbocycles. The van der Waals surface area contributed by atoms with Gasteiger partial charge >= 0.3 is 0 Å². The van der Waals surface area contributed by atoms with Crippen LogP contribution in [-0.2, 0) is 9.78 Å². The number of nitrogens with zero attached hydrogens (tertiary/aromatic N) is 4. The maximum atomic E-state index is 5.45. The second-order valence-electron chi connectivity index (χ2n) is 4.96. The van der Waals surface area contributed by atoms with Gasteiger partial charge in [-0.15, -0.1) is 0 Å². The minimum atomic E-state index is -0.625. The first-order chi connectivity index (χ1) is 7.23. The van der Waals surface area contributed by atoms with Gasteiger partial charge in [-0.05, 0) is 56.4 Å². The highest BCUT2D eigenvalue weighted by molar-refractivity contribution is 4.98. The third-order valence-electron chi connectivity index (χ3n) is 3.12. The Balaban J connectivity index is 3.21. The molecule has 16 heavy (non-hydrogen) atoms. The summed E-state index contributed by atoms with van der Waals surface area (Å²) in [5.74, 6) is -1.25. The Kier molecular flexibility index (Phi) is 3.64. The molecule has 1 fully saturated rings. The summed E-state index contributed by atoms with van der Waals surface area (Å²) in [6, 6.07) is 0. The topological polar surface area (TPSA) is 31.4 Å². The van der Waals surface area contributed by atoms with Crippen molar-refractivity contribution in [3.8, 4) is 0 Å². The average Bonchev–Trinajstić information content (AvgIpc) is 1.98. The minimum Gasteiger partial charge on any atom is -0.261 e. The zero-order valence-corrected chi connectivity index (χ0v) is 11.6. The molecule has 96 valence electrons. The molecule has 1 aliphatic rings. The van der Waals surface area contributed by atoms with Crippen LogP contribution < -0.4 is 0 Å². The maximum absolute atomic E-state index is 5.45. The zero-order valence-electron chi connectivity index (χ0n) is 11.6. The lowest BCUT2D eigenvalue weighted by Gasteiger charge is -2.64. The standard InChI is InChI=1S/C10H24N4O2/c1-11(2)9(12(3)4)10(13(5)6,14(7)8)16-15-9/h1-8H3. The number of rotatable bonds is 4. The zero-order chi connectivity index (χ0) is 12.7. The molecule has 1 aliphatic heterocycles. The van der Waals surface area contributed by atoms with Crippen LogP contribution in [0.3, 0.4) is 0 Å². The lowest BCUT2D eigenvalue weighted by atomic mass is 10.1. The summed E-state index contributed by atoms with van der Waals surface area (Å²) in [4.78, 5) is 18.9. The first-order valence-corrected chi connectivity index (χ1v) is 5.30. The van der Waals surface area contributed by atoms with Gasteiger partial charge in [0, 0.05) is 0 Å². The summed E-state index contributed by atoms with van der Waals surface area (Å²) in [5, 5.41) is 0. The molecule has 0 spiro atoms. The summed E-state index contributed by atoms with van der Waals surface area (Å²) in [5.41, 5.74) is 0. The van der Waals surface area contributed by atoms with E-state index in [4.69, 9.17) is 9.78 Å². The van der Waals surface area contributed by atoms with Crippen molar-refractivity contribution in [3.05, 3.63) is 0 Å². The molecule has 0 aromatic heterocycles. The molecule has 1 saturated heterocycles. The van der Waals surface area contributed by atoms with Gasteiger partial charge in [-0.1, -0.05) is 0 Å². The molecule has 0 bridgehead atoms. The van der Waals surface area contributed by atoms with Crippen molar-refractivity contribution in [3.63, 3.8) is 0 Å². The quantitative estimate of drug-likeness (QED) is 0.480. The van der Waals surface area contributed by atoms with Crippen LogP contribution in [-0.4, -0.2) is 87.7 Å². The van der Waals surface area contributed by atoms with E-state index in [2.05, 4.69) is 0 Å². The largest absolute Gasteiger partial charge is 0.273 e. The SMILES string of the molecule is CN(C)C1(N(C)C)OOC1(N(C)C)N(C)C. The van der Waals surface area contributed by atoms with Gasteiger partial charge in [0.25, 0.3) is 11.7 Å². The summed E-state index contributed by atoms with van der Waals surface area (Å²) in [6.45, 7) is 0. The van der Waals surface area contributed by atoms with Crippen LogP contribution in [0.1, 0.15) is 0 Å². The lowest BCUT2D eigenvalue weighted by molar-refractivity contribution is -0.658. The van der Waals surface area contributed by atoms with E-state index in [0.717, 1.165) is 0 Å². The predicted octanol–water partition coefficient (Wildman–Crippen LogP) is -0.498. The van der Waals surface area contributed by atoms with E-state index < -0.39 is 11.7 Å².